The molecule has 0 unspecified atom stereocenters. The van der Waals surface area contributed by atoms with Crippen molar-refractivity contribution in [3.63, 3.8) is 0 Å². The molecule has 23 heavy (non-hydrogen) atoms. The van der Waals surface area contributed by atoms with E-state index >= 15 is 0 Å². The highest BCUT2D eigenvalue weighted by Crippen LogP contribution is 2.16. The average Bonchev–Trinajstić information content (AvgIpc) is 2.53. The summed E-state index contributed by atoms with van der Waals surface area (Å²) in [5, 5.41) is 16.6. The van der Waals surface area contributed by atoms with Crippen LogP contribution in [-0.4, -0.2) is 23.4 Å². The second-order valence-electron chi connectivity index (χ2n) is 5.04. The van der Waals surface area contributed by atoms with Crippen LogP contribution in [0.1, 0.15) is 17.3 Å². The Labute approximate surface area is 142 Å². The van der Waals surface area contributed by atoms with Gasteiger partial charge < -0.3 is 10.6 Å². The molecule has 0 heterocycles. The summed E-state index contributed by atoms with van der Waals surface area (Å²) in [7, 11) is 0. The number of non-ortho nitro benzene ring substituents is 1. The van der Waals surface area contributed by atoms with Gasteiger partial charge in [-0.3, -0.25) is 14.9 Å². The first-order chi connectivity index (χ1) is 11.0. The summed E-state index contributed by atoms with van der Waals surface area (Å²) in [6.07, 6.45) is 0. The lowest BCUT2D eigenvalue weighted by Crippen LogP contribution is -2.37. The monoisotopic (exact) mass is 377 g/mol. The minimum absolute atomic E-state index is 0.0471. The van der Waals surface area contributed by atoms with E-state index < -0.39 is 4.92 Å². The SMILES string of the molecule is C[C@@H](CNc1ccc([N+](=O)[O-])cc1)NC(=O)c1ccccc1Br. The summed E-state index contributed by atoms with van der Waals surface area (Å²) in [6.45, 7) is 2.39. The number of rotatable bonds is 6. The summed E-state index contributed by atoms with van der Waals surface area (Å²) in [4.78, 5) is 22.3. The highest BCUT2D eigenvalue weighted by molar-refractivity contribution is 9.10. The number of amides is 1. The fraction of sp³-hybridized carbons (Fsp3) is 0.188. The third-order valence-electron chi connectivity index (χ3n) is 3.19. The number of nitrogens with one attached hydrogen (secondary N) is 2. The molecule has 0 aliphatic heterocycles. The van der Waals surface area contributed by atoms with Crippen molar-refractivity contribution in [3.8, 4) is 0 Å². The minimum atomic E-state index is -0.440. The van der Waals surface area contributed by atoms with Crippen LogP contribution in [-0.2, 0) is 0 Å². The molecule has 1 atom stereocenters. The van der Waals surface area contributed by atoms with E-state index in [4.69, 9.17) is 0 Å². The van der Waals surface area contributed by atoms with E-state index in [1.807, 2.05) is 19.1 Å². The molecule has 2 aromatic carbocycles. The second-order valence-corrected chi connectivity index (χ2v) is 5.89. The molecule has 0 aliphatic carbocycles. The predicted octanol–water partition coefficient (Wildman–Crippen LogP) is 3.59. The van der Waals surface area contributed by atoms with Gasteiger partial charge in [0, 0.05) is 34.9 Å². The molecule has 0 saturated carbocycles. The molecule has 0 aliphatic rings. The first-order valence-corrected chi connectivity index (χ1v) is 7.80. The molecule has 7 heteroatoms. The highest BCUT2D eigenvalue weighted by atomic mass is 79.9. The van der Waals surface area contributed by atoms with Gasteiger partial charge in [0.05, 0.1) is 10.5 Å². The van der Waals surface area contributed by atoms with Crippen LogP contribution in [0.4, 0.5) is 11.4 Å². The van der Waals surface area contributed by atoms with E-state index in [-0.39, 0.29) is 17.6 Å². The van der Waals surface area contributed by atoms with Crippen LogP contribution in [0.5, 0.6) is 0 Å². The van der Waals surface area contributed by atoms with Gasteiger partial charge in [0.1, 0.15) is 0 Å². The van der Waals surface area contributed by atoms with Gasteiger partial charge >= 0.3 is 0 Å². The van der Waals surface area contributed by atoms with Gasteiger partial charge in [-0.15, -0.1) is 0 Å². The van der Waals surface area contributed by atoms with Gasteiger partial charge in [-0.1, -0.05) is 12.1 Å². The van der Waals surface area contributed by atoms with Gasteiger partial charge in [-0.2, -0.15) is 0 Å². The van der Waals surface area contributed by atoms with Gasteiger partial charge in [0.25, 0.3) is 11.6 Å². The molecule has 2 N–H and O–H groups in total. The van der Waals surface area contributed by atoms with Crippen LogP contribution in [0.25, 0.3) is 0 Å². The molecule has 0 aromatic heterocycles. The largest absolute Gasteiger partial charge is 0.383 e. The molecule has 6 nitrogen and oxygen atoms in total. The third-order valence-corrected chi connectivity index (χ3v) is 3.88. The van der Waals surface area contributed by atoms with E-state index in [0.29, 0.717) is 12.1 Å². The number of nitro groups is 1. The molecule has 0 spiro atoms. The van der Waals surface area contributed by atoms with Crippen LogP contribution in [0.15, 0.2) is 53.0 Å². The lowest BCUT2D eigenvalue weighted by Gasteiger charge is -2.16. The molecule has 0 radical (unpaired) electrons. The Morgan fingerprint density at radius 2 is 1.87 bits per heavy atom. The van der Waals surface area contributed by atoms with Crippen molar-refractivity contribution < 1.29 is 9.72 Å². The molecule has 1 amide bonds. The van der Waals surface area contributed by atoms with E-state index in [1.54, 1.807) is 24.3 Å². The Hall–Kier alpha value is -2.41. The molecule has 120 valence electrons. The van der Waals surface area contributed by atoms with Crippen molar-refractivity contribution in [2.75, 3.05) is 11.9 Å². The number of nitro benzene ring substituents is 1. The lowest BCUT2D eigenvalue weighted by molar-refractivity contribution is -0.384. The normalized spacial score (nSPS) is 11.6. The van der Waals surface area contributed by atoms with E-state index in [9.17, 15) is 14.9 Å². The Morgan fingerprint density at radius 3 is 2.48 bits per heavy atom. The van der Waals surface area contributed by atoms with Crippen molar-refractivity contribution in [1.82, 2.24) is 5.32 Å². The summed E-state index contributed by atoms with van der Waals surface area (Å²) in [6, 6.07) is 13.3. The van der Waals surface area contributed by atoms with E-state index in [0.717, 1.165) is 10.2 Å². The van der Waals surface area contributed by atoms with Gasteiger partial charge in [0.15, 0.2) is 0 Å². The van der Waals surface area contributed by atoms with Crippen molar-refractivity contribution in [2.24, 2.45) is 0 Å². The average molecular weight is 378 g/mol. The zero-order chi connectivity index (χ0) is 16.8. The zero-order valence-corrected chi connectivity index (χ0v) is 14.0. The smallest absolute Gasteiger partial charge is 0.269 e. The van der Waals surface area contributed by atoms with E-state index in [1.165, 1.54) is 12.1 Å². The van der Waals surface area contributed by atoms with Crippen molar-refractivity contribution in [3.05, 3.63) is 68.7 Å². The lowest BCUT2D eigenvalue weighted by atomic mass is 10.2. The number of anilines is 1. The number of hydrogen-bond donors (Lipinski definition) is 2. The molecular weight excluding hydrogens is 362 g/mol. The Balaban J connectivity index is 1.87. The van der Waals surface area contributed by atoms with Gasteiger partial charge in [0.2, 0.25) is 0 Å². The quantitative estimate of drug-likeness (QED) is 0.594. The third kappa shape index (κ3) is 4.79. The van der Waals surface area contributed by atoms with Crippen LogP contribution < -0.4 is 10.6 Å². The summed E-state index contributed by atoms with van der Waals surface area (Å²) in [5.41, 5.74) is 1.39. The summed E-state index contributed by atoms with van der Waals surface area (Å²) >= 11 is 3.35. The number of nitrogens with zero attached hydrogens (tertiary/aromatic N) is 1. The predicted molar refractivity (Wildman–Crippen MR) is 92.7 cm³/mol. The van der Waals surface area contributed by atoms with E-state index in [2.05, 4.69) is 26.6 Å². The Kier molecular flexibility index (Phi) is 5.70. The number of benzene rings is 2. The van der Waals surface area contributed by atoms with Gasteiger partial charge in [-0.25, -0.2) is 0 Å². The first-order valence-electron chi connectivity index (χ1n) is 7.01. The zero-order valence-electron chi connectivity index (χ0n) is 12.5. The van der Waals surface area contributed by atoms with Crippen molar-refractivity contribution in [1.29, 1.82) is 0 Å². The standard InChI is InChI=1S/C16H16BrN3O3/c1-11(19-16(21)14-4-2-3-5-15(14)17)10-18-12-6-8-13(9-7-12)20(22)23/h2-9,11,18H,10H2,1H3,(H,19,21)/t11-/m0/s1. The second kappa shape index (κ2) is 7.73. The van der Waals surface area contributed by atoms with Crippen molar-refractivity contribution in [2.45, 2.75) is 13.0 Å². The Morgan fingerprint density at radius 1 is 1.22 bits per heavy atom. The molecule has 0 saturated heterocycles. The molecule has 2 aromatic rings. The van der Waals surface area contributed by atoms with Gasteiger partial charge in [-0.05, 0) is 47.1 Å². The van der Waals surface area contributed by atoms with Crippen molar-refractivity contribution >= 4 is 33.2 Å². The molecular formula is C16H16BrN3O3. The number of carbonyl (C=O) groups excluding carboxylic acids is 1. The molecule has 0 bridgehead atoms. The van der Waals surface area contributed by atoms with Crippen LogP contribution in [0, 0.1) is 10.1 Å². The highest BCUT2D eigenvalue weighted by Gasteiger charge is 2.12. The number of hydrogen-bond acceptors (Lipinski definition) is 4. The topological polar surface area (TPSA) is 84.3 Å². The maximum atomic E-state index is 12.2. The summed E-state index contributed by atoms with van der Waals surface area (Å²) < 4.78 is 0.744. The Bertz CT molecular complexity index is 704. The molecule has 0 fully saturated rings. The fourth-order valence-electron chi connectivity index (χ4n) is 1.97. The first kappa shape index (κ1) is 17.0. The van der Waals surface area contributed by atoms with Crippen LogP contribution in [0.3, 0.4) is 0 Å². The van der Waals surface area contributed by atoms with Crippen LogP contribution in [0.2, 0.25) is 0 Å². The molecule has 2 rings (SSSR count). The summed E-state index contributed by atoms with van der Waals surface area (Å²) in [5.74, 6) is -0.157. The maximum absolute atomic E-state index is 12.2. The minimum Gasteiger partial charge on any atom is -0.383 e. The number of carbonyl (C=O) groups is 1. The van der Waals surface area contributed by atoms with Crippen LogP contribution >= 0.6 is 15.9 Å². The number of halogens is 1. The fourth-order valence-corrected chi connectivity index (χ4v) is 2.43. The maximum Gasteiger partial charge on any atom is 0.269 e.